The molecule has 0 aliphatic carbocycles. The molecule has 100 valence electrons. The third-order valence-corrected chi connectivity index (χ3v) is 2.65. The zero-order chi connectivity index (χ0) is 13.2. The molecule has 1 amide bonds. The van der Waals surface area contributed by atoms with E-state index in [2.05, 4.69) is 34.9 Å². The lowest BCUT2D eigenvalue weighted by Gasteiger charge is -2.09. The van der Waals surface area contributed by atoms with Crippen LogP contribution in [0.2, 0.25) is 0 Å². The van der Waals surface area contributed by atoms with Crippen LogP contribution in [0.15, 0.2) is 30.3 Å². The van der Waals surface area contributed by atoms with E-state index in [0.29, 0.717) is 6.54 Å². The van der Waals surface area contributed by atoms with Gasteiger partial charge < -0.3 is 10.6 Å². The summed E-state index contributed by atoms with van der Waals surface area (Å²) in [6.45, 7) is 5.26. The number of benzene rings is 1. The van der Waals surface area contributed by atoms with Crippen molar-refractivity contribution in [2.45, 2.75) is 39.2 Å². The molecule has 0 unspecified atom stereocenters. The maximum Gasteiger partial charge on any atom is 0.234 e. The fourth-order valence-electron chi connectivity index (χ4n) is 1.80. The van der Waals surface area contributed by atoms with Crippen LogP contribution in [-0.2, 0) is 11.2 Å². The predicted molar refractivity (Wildman–Crippen MR) is 75.5 cm³/mol. The highest BCUT2D eigenvalue weighted by atomic mass is 16.1. The van der Waals surface area contributed by atoms with Crippen molar-refractivity contribution < 1.29 is 4.79 Å². The van der Waals surface area contributed by atoms with Crippen LogP contribution >= 0.6 is 0 Å². The van der Waals surface area contributed by atoms with Gasteiger partial charge in [0.15, 0.2) is 0 Å². The zero-order valence-electron chi connectivity index (χ0n) is 11.4. The lowest BCUT2D eigenvalue weighted by Crippen LogP contribution is -2.37. The summed E-state index contributed by atoms with van der Waals surface area (Å²) >= 11 is 0. The number of hydrogen-bond donors (Lipinski definition) is 2. The fraction of sp³-hybridized carbons (Fsp3) is 0.533. The van der Waals surface area contributed by atoms with Crippen molar-refractivity contribution in [1.82, 2.24) is 10.6 Å². The van der Waals surface area contributed by atoms with Crippen LogP contribution in [0.4, 0.5) is 0 Å². The Kier molecular flexibility index (Phi) is 7.11. The van der Waals surface area contributed by atoms with Crippen molar-refractivity contribution in [2.24, 2.45) is 0 Å². The lowest BCUT2D eigenvalue weighted by molar-refractivity contribution is -0.120. The van der Waals surface area contributed by atoms with E-state index in [-0.39, 0.29) is 11.9 Å². The van der Waals surface area contributed by atoms with Gasteiger partial charge in [-0.2, -0.15) is 0 Å². The average molecular weight is 248 g/mol. The van der Waals surface area contributed by atoms with E-state index in [4.69, 9.17) is 0 Å². The minimum absolute atomic E-state index is 0.0769. The second kappa shape index (κ2) is 8.70. The molecular weight excluding hydrogens is 224 g/mol. The van der Waals surface area contributed by atoms with Gasteiger partial charge in [-0.1, -0.05) is 30.3 Å². The molecule has 0 spiro atoms. The Bertz CT molecular complexity index is 336. The van der Waals surface area contributed by atoms with Crippen LogP contribution in [0.5, 0.6) is 0 Å². The van der Waals surface area contributed by atoms with Crippen LogP contribution in [-0.4, -0.2) is 25.0 Å². The Morgan fingerprint density at radius 1 is 1.17 bits per heavy atom. The maximum atomic E-state index is 11.3. The third kappa shape index (κ3) is 7.07. The van der Waals surface area contributed by atoms with E-state index < -0.39 is 0 Å². The zero-order valence-corrected chi connectivity index (χ0v) is 11.4. The molecule has 0 radical (unpaired) electrons. The molecular formula is C15H24N2O. The molecule has 0 heterocycles. The molecule has 0 aliphatic heterocycles. The molecule has 0 aromatic heterocycles. The minimum Gasteiger partial charge on any atom is -0.353 e. The highest BCUT2D eigenvalue weighted by Gasteiger charge is 2.01. The number of nitrogens with one attached hydrogen (secondary N) is 2. The number of aryl methyl sites for hydroxylation is 1. The summed E-state index contributed by atoms with van der Waals surface area (Å²) in [7, 11) is 0. The summed E-state index contributed by atoms with van der Waals surface area (Å²) in [4.78, 5) is 11.3. The second-order valence-corrected chi connectivity index (χ2v) is 4.84. The van der Waals surface area contributed by atoms with Crippen LogP contribution in [0.1, 0.15) is 32.3 Å². The van der Waals surface area contributed by atoms with E-state index in [0.717, 1.165) is 25.8 Å². The van der Waals surface area contributed by atoms with E-state index in [1.54, 1.807) is 0 Å². The van der Waals surface area contributed by atoms with Gasteiger partial charge in [0.25, 0.3) is 0 Å². The second-order valence-electron chi connectivity index (χ2n) is 4.84. The summed E-state index contributed by atoms with van der Waals surface area (Å²) in [5.74, 6) is 0.0769. The first-order chi connectivity index (χ1) is 8.68. The van der Waals surface area contributed by atoms with Gasteiger partial charge in [0.1, 0.15) is 0 Å². The van der Waals surface area contributed by atoms with Gasteiger partial charge in [0.2, 0.25) is 5.91 Å². The Morgan fingerprint density at radius 3 is 2.56 bits per heavy atom. The number of carbonyl (C=O) groups is 1. The first-order valence-electron chi connectivity index (χ1n) is 6.72. The van der Waals surface area contributed by atoms with E-state index in [9.17, 15) is 4.79 Å². The van der Waals surface area contributed by atoms with E-state index in [1.807, 2.05) is 19.9 Å². The highest BCUT2D eigenvalue weighted by Crippen LogP contribution is 2.03. The van der Waals surface area contributed by atoms with Crippen LogP contribution < -0.4 is 10.6 Å². The van der Waals surface area contributed by atoms with Crippen LogP contribution in [0, 0.1) is 0 Å². The standard InChI is InChI=1S/C15H24N2O/c1-13(2)17-15(18)12-16-11-7-6-10-14-8-4-3-5-9-14/h3-5,8-9,13,16H,6-7,10-12H2,1-2H3,(H,17,18). The van der Waals surface area contributed by atoms with Gasteiger partial charge in [0.05, 0.1) is 6.54 Å². The van der Waals surface area contributed by atoms with Crippen molar-refractivity contribution >= 4 is 5.91 Å². The van der Waals surface area contributed by atoms with Crippen LogP contribution in [0.25, 0.3) is 0 Å². The van der Waals surface area contributed by atoms with Crippen molar-refractivity contribution in [3.63, 3.8) is 0 Å². The molecule has 0 atom stereocenters. The molecule has 3 nitrogen and oxygen atoms in total. The summed E-state index contributed by atoms with van der Waals surface area (Å²) in [6, 6.07) is 10.7. The molecule has 1 aromatic carbocycles. The number of amides is 1. The number of unbranched alkanes of at least 4 members (excludes halogenated alkanes) is 1. The van der Waals surface area contributed by atoms with Gasteiger partial charge in [0, 0.05) is 6.04 Å². The first-order valence-corrected chi connectivity index (χ1v) is 6.72. The Morgan fingerprint density at radius 2 is 1.89 bits per heavy atom. The topological polar surface area (TPSA) is 41.1 Å². The molecule has 0 bridgehead atoms. The first kappa shape index (κ1) is 14.7. The smallest absolute Gasteiger partial charge is 0.234 e. The van der Waals surface area contributed by atoms with Crippen molar-refractivity contribution in [3.05, 3.63) is 35.9 Å². The molecule has 2 N–H and O–H groups in total. The molecule has 1 aromatic rings. The van der Waals surface area contributed by atoms with E-state index in [1.165, 1.54) is 5.56 Å². The monoisotopic (exact) mass is 248 g/mol. The Hall–Kier alpha value is -1.35. The Balaban J connectivity index is 1.98. The molecule has 0 saturated carbocycles. The van der Waals surface area contributed by atoms with Crippen LogP contribution in [0.3, 0.4) is 0 Å². The quantitative estimate of drug-likeness (QED) is 0.692. The van der Waals surface area contributed by atoms with Crippen molar-refractivity contribution in [1.29, 1.82) is 0 Å². The number of hydrogen-bond acceptors (Lipinski definition) is 2. The highest BCUT2D eigenvalue weighted by molar-refractivity contribution is 5.78. The lowest BCUT2D eigenvalue weighted by atomic mass is 10.1. The van der Waals surface area contributed by atoms with Gasteiger partial charge in [-0.25, -0.2) is 0 Å². The largest absolute Gasteiger partial charge is 0.353 e. The SMILES string of the molecule is CC(C)NC(=O)CNCCCCc1ccccc1. The molecule has 0 saturated heterocycles. The molecule has 0 fully saturated rings. The summed E-state index contributed by atoms with van der Waals surface area (Å²) < 4.78 is 0. The normalized spacial score (nSPS) is 10.6. The van der Waals surface area contributed by atoms with Crippen molar-refractivity contribution in [3.8, 4) is 0 Å². The maximum absolute atomic E-state index is 11.3. The predicted octanol–water partition coefficient (Wildman–Crippen LogP) is 2.12. The summed E-state index contributed by atoms with van der Waals surface area (Å²) in [6.07, 6.45) is 3.37. The molecule has 3 heteroatoms. The van der Waals surface area contributed by atoms with Crippen molar-refractivity contribution in [2.75, 3.05) is 13.1 Å². The molecule has 0 aliphatic rings. The summed E-state index contributed by atoms with van der Waals surface area (Å²) in [5.41, 5.74) is 1.38. The number of carbonyl (C=O) groups excluding carboxylic acids is 1. The third-order valence-electron chi connectivity index (χ3n) is 2.65. The van der Waals surface area contributed by atoms with Gasteiger partial charge in [-0.3, -0.25) is 4.79 Å². The van der Waals surface area contributed by atoms with E-state index >= 15 is 0 Å². The number of rotatable bonds is 8. The fourth-order valence-corrected chi connectivity index (χ4v) is 1.80. The van der Waals surface area contributed by atoms with Gasteiger partial charge >= 0.3 is 0 Å². The summed E-state index contributed by atoms with van der Waals surface area (Å²) in [5, 5.41) is 6.02. The minimum atomic E-state index is 0.0769. The average Bonchev–Trinajstić information content (AvgIpc) is 2.34. The van der Waals surface area contributed by atoms with Gasteiger partial charge in [-0.05, 0) is 45.2 Å². The Labute approximate surface area is 110 Å². The molecule has 1 rings (SSSR count). The molecule has 18 heavy (non-hydrogen) atoms. The van der Waals surface area contributed by atoms with Gasteiger partial charge in [-0.15, -0.1) is 0 Å².